The van der Waals surface area contributed by atoms with E-state index in [1.165, 1.54) is 0 Å². The largest absolute Gasteiger partial charge is 0.423 e. The highest BCUT2D eigenvalue weighted by Gasteiger charge is 2.28. The summed E-state index contributed by atoms with van der Waals surface area (Å²) in [5, 5.41) is 18.3. The van der Waals surface area contributed by atoms with Gasteiger partial charge in [-0.2, -0.15) is 10.5 Å². The fourth-order valence-electron chi connectivity index (χ4n) is 2.03. The second-order valence-electron chi connectivity index (χ2n) is 6.40. The zero-order valence-electron chi connectivity index (χ0n) is 14.9. The van der Waals surface area contributed by atoms with Gasteiger partial charge in [0.05, 0.1) is 0 Å². The van der Waals surface area contributed by atoms with Gasteiger partial charge in [0.2, 0.25) is 0 Å². The second-order valence-corrected chi connectivity index (χ2v) is 7.16. The van der Waals surface area contributed by atoms with Crippen molar-refractivity contribution >= 4 is 35.1 Å². The molecular formula is C18H18Cl2N2O4. The molecule has 0 bridgehead atoms. The molecule has 0 aromatic heterocycles. The van der Waals surface area contributed by atoms with Crippen LogP contribution in [0.25, 0.3) is 0 Å². The zero-order valence-corrected chi connectivity index (χ0v) is 16.4. The van der Waals surface area contributed by atoms with Crippen molar-refractivity contribution in [2.75, 3.05) is 0 Å². The minimum Gasteiger partial charge on any atom is -0.423 e. The molecule has 0 atom stereocenters. The topological polar surface area (TPSA) is 100 Å². The van der Waals surface area contributed by atoms with Crippen LogP contribution in [0.4, 0.5) is 0 Å². The van der Waals surface area contributed by atoms with E-state index in [9.17, 15) is 20.1 Å². The first-order valence-electron chi connectivity index (χ1n) is 7.88. The van der Waals surface area contributed by atoms with E-state index in [-0.39, 0.29) is 57.3 Å². The Bertz CT molecular complexity index is 738. The summed E-state index contributed by atoms with van der Waals surface area (Å²) < 4.78 is 10.3. The summed E-state index contributed by atoms with van der Waals surface area (Å²) >= 11 is 12.2. The molecule has 0 aliphatic rings. The van der Waals surface area contributed by atoms with Crippen LogP contribution in [0.2, 0.25) is 10.0 Å². The Hall–Kier alpha value is -2.28. The number of nitrogens with zero attached hydrogens (tertiary/aromatic N) is 2. The number of halogens is 2. The maximum absolute atomic E-state index is 11.9. The third kappa shape index (κ3) is 5.36. The number of esters is 2. The van der Waals surface area contributed by atoms with Crippen molar-refractivity contribution in [3.05, 3.63) is 21.2 Å². The van der Waals surface area contributed by atoms with Gasteiger partial charge in [0.1, 0.15) is 33.3 Å². The lowest BCUT2D eigenvalue weighted by Crippen LogP contribution is -2.15. The fourth-order valence-corrected chi connectivity index (χ4v) is 2.47. The molecule has 6 nitrogen and oxygen atoms in total. The maximum atomic E-state index is 11.9. The van der Waals surface area contributed by atoms with Gasteiger partial charge in [0.25, 0.3) is 0 Å². The minimum absolute atomic E-state index is 0.0222. The highest BCUT2D eigenvalue weighted by atomic mass is 35.5. The van der Waals surface area contributed by atoms with E-state index in [0.29, 0.717) is 0 Å². The number of carbonyl (C=O) groups excluding carboxylic acids is 2. The molecule has 138 valence electrons. The summed E-state index contributed by atoms with van der Waals surface area (Å²) in [6.07, 6.45) is 0.178. The van der Waals surface area contributed by atoms with Crippen LogP contribution in [0.15, 0.2) is 0 Å². The van der Waals surface area contributed by atoms with Gasteiger partial charge in [-0.1, -0.05) is 50.9 Å². The molecule has 0 aliphatic heterocycles. The van der Waals surface area contributed by atoms with E-state index in [1.807, 2.05) is 27.7 Å². The molecule has 0 radical (unpaired) electrons. The highest BCUT2D eigenvalue weighted by molar-refractivity contribution is 6.44. The Balaban J connectivity index is 3.43. The van der Waals surface area contributed by atoms with Crippen molar-refractivity contribution in [2.45, 2.75) is 40.5 Å². The molecule has 26 heavy (non-hydrogen) atoms. The Morgan fingerprint density at radius 3 is 1.38 bits per heavy atom. The van der Waals surface area contributed by atoms with Gasteiger partial charge in [0, 0.05) is 12.8 Å². The van der Waals surface area contributed by atoms with Crippen LogP contribution in [0.5, 0.6) is 11.5 Å². The van der Waals surface area contributed by atoms with Crippen LogP contribution in [0, 0.1) is 34.5 Å². The minimum atomic E-state index is -0.622. The normalized spacial score (nSPS) is 10.4. The lowest BCUT2D eigenvalue weighted by atomic mass is 10.1. The first kappa shape index (κ1) is 21.8. The molecule has 0 heterocycles. The van der Waals surface area contributed by atoms with Gasteiger partial charge in [-0.3, -0.25) is 9.59 Å². The Morgan fingerprint density at radius 1 is 0.846 bits per heavy atom. The van der Waals surface area contributed by atoms with Crippen LogP contribution in [-0.2, 0) is 9.59 Å². The number of ether oxygens (including phenoxy) is 2. The van der Waals surface area contributed by atoms with Crippen LogP contribution in [0.1, 0.15) is 51.7 Å². The number of nitriles is 2. The van der Waals surface area contributed by atoms with E-state index in [4.69, 9.17) is 32.7 Å². The van der Waals surface area contributed by atoms with Crippen LogP contribution in [-0.4, -0.2) is 11.9 Å². The van der Waals surface area contributed by atoms with E-state index >= 15 is 0 Å². The highest BCUT2D eigenvalue weighted by Crippen LogP contribution is 2.45. The summed E-state index contributed by atoms with van der Waals surface area (Å²) in [6, 6.07) is 3.52. The Morgan fingerprint density at radius 2 is 1.15 bits per heavy atom. The predicted molar refractivity (Wildman–Crippen MR) is 96.1 cm³/mol. The van der Waals surface area contributed by atoms with E-state index in [2.05, 4.69) is 0 Å². The standard InChI is InChI=1S/C18H18Cl2N2O4/c1-9(2)5-13(23)25-17-11(7-21)12(8-22)18(16(20)15(17)19)26-14(24)6-10(3)4/h9-10H,5-6H2,1-4H3. The fraction of sp³-hybridized carbons (Fsp3) is 0.444. The third-order valence-electron chi connectivity index (χ3n) is 3.10. The first-order chi connectivity index (χ1) is 12.1. The van der Waals surface area contributed by atoms with Gasteiger partial charge >= 0.3 is 11.9 Å². The van der Waals surface area contributed by atoms with E-state index in [0.717, 1.165) is 0 Å². The number of carbonyl (C=O) groups is 2. The SMILES string of the molecule is CC(C)CC(=O)Oc1c(Cl)c(Cl)c(OC(=O)CC(C)C)c(C#N)c1C#N. The van der Waals surface area contributed by atoms with Crippen molar-refractivity contribution in [2.24, 2.45) is 11.8 Å². The predicted octanol–water partition coefficient (Wildman–Crippen LogP) is 4.64. The summed E-state index contributed by atoms with van der Waals surface area (Å²) in [5.74, 6) is -1.83. The smallest absolute Gasteiger partial charge is 0.311 e. The number of hydrogen-bond donors (Lipinski definition) is 0. The summed E-state index contributed by atoms with van der Waals surface area (Å²) in [7, 11) is 0. The van der Waals surface area contributed by atoms with Gasteiger partial charge in [-0.15, -0.1) is 0 Å². The van der Waals surface area contributed by atoms with Gasteiger partial charge in [-0.05, 0) is 11.8 Å². The summed E-state index contributed by atoms with van der Waals surface area (Å²) in [5.41, 5.74) is -0.627. The maximum Gasteiger partial charge on any atom is 0.311 e. The van der Waals surface area contributed by atoms with Gasteiger partial charge in [-0.25, -0.2) is 0 Å². The van der Waals surface area contributed by atoms with Crippen molar-refractivity contribution in [3.63, 3.8) is 0 Å². The Kier molecular flexibility index (Phi) is 7.89. The monoisotopic (exact) mass is 396 g/mol. The number of benzene rings is 1. The zero-order chi connectivity index (χ0) is 20.0. The average molecular weight is 397 g/mol. The molecule has 1 rings (SSSR count). The molecule has 0 amide bonds. The first-order valence-corrected chi connectivity index (χ1v) is 8.64. The van der Waals surface area contributed by atoms with Crippen molar-refractivity contribution < 1.29 is 19.1 Å². The van der Waals surface area contributed by atoms with Crippen molar-refractivity contribution in [1.29, 1.82) is 10.5 Å². The van der Waals surface area contributed by atoms with Crippen LogP contribution in [0.3, 0.4) is 0 Å². The number of rotatable bonds is 6. The molecule has 0 saturated heterocycles. The van der Waals surface area contributed by atoms with Gasteiger partial charge in [0.15, 0.2) is 11.5 Å². The summed E-state index contributed by atoms with van der Waals surface area (Å²) in [4.78, 5) is 23.9. The summed E-state index contributed by atoms with van der Waals surface area (Å²) in [6.45, 7) is 7.27. The van der Waals surface area contributed by atoms with Gasteiger partial charge < -0.3 is 9.47 Å². The lowest BCUT2D eigenvalue weighted by Gasteiger charge is -2.15. The third-order valence-corrected chi connectivity index (χ3v) is 3.92. The lowest BCUT2D eigenvalue weighted by molar-refractivity contribution is -0.136. The molecule has 0 aliphatic carbocycles. The Labute approximate surface area is 162 Å². The van der Waals surface area contributed by atoms with E-state index in [1.54, 1.807) is 12.1 Å². The molecule has 1 aromatic carbocycles. The van der Waals surface area contributed by atoms with Crippen molar-refractivity contribution in [3.8, 4) is 23.6 Å². The molecule has 0 N–H and O–H groups in total. The molecule has 0 spiro atoms. The van der Waals surface area contributed by atoms with Crippen LogP contribution < -0.4 is 9.47 Å². The number of hydrogen-bond acceptors (Lipinski definition) is 6. The molecule has 1 aromatic rings. The molecule has 0 unspecified atom stereocenters. The second kappa shape index (κ2) is 9.43. The molecular weight excluding hydrogens is 379 g/mol. The van der Waals surface area contributed by atoms with Crippen molar-refractivity contribution in [1.82, 2.24) is 0 Å². The molecule has 8 heteroatoms. The average Bonchev–Trinajstić information content (AvgIpc) is 2.52. The molecule has 0 fully saturated rings. The van der Waals surface area contributed by atoms with Crippen LogP contribution >= 0.6 is 23.2 Å². The van der Waals surface area contributed by atoms with E-state index < -0.39 is 11.9 Å². The molecule has 0 saturated carbocycles. The quantitative estimate of drug-likeness (QED) is 0.512.